The summed E-state index contributed by atoms with van der Waals surface area (Å²) in [4.78, 5) is 15.5. The molecule has 0 fully saturated rings. The number of nitrogens with zero attached hydrogens (tertiary/aromatic N) is 1. The van der Waals surface area contributed by atoms with E-state index in [0.29, 0.717) is 6.42 Å². The molecular weight excluding hydrogens is 378 g/mol. The minimum absolute atomic E-state index is 0.0935. The molecule has 0 bridgehead atoms. The molecule has 1 heterocycles. The molecule has 3 aromatic carbocycles. The van der Waals surface area contributed by atoms with Crippen LogP contribution in [0.5, 0.6) is 5.75 Å². The fourth-order valence-electron chi connectivity index (χ4n) is 3.59. The third-order valence-corrected chi connectivity index (χ3v) is 6.49. The van der Waals surface area contributed by atoms with Crippen LogP contribution in [0.25, 0.3) is 6.08 Å². The summed E-state index contributed by atoms with van der Waals surface area (Å²) in [6.07, 6.45) is 4.67. The normalized spacial score (nSPS) is 18.1. The van der Waals surface area contributed by atoms with Gasteiger partial charge >= 0.3 is 0 Å². The molecule has 0 aliphatic carbocycles. The lowest BCUT2D eigenvalue weighted by molar-refractivity contribution is -0.118. The summed E-state index contributed by atoms with van der Waals surface area (Å²) >= 11 is 1.70. The molecule has 3 aromatic rings. The Hall–Kier alpha value is -2.98. The van der Waals surface area contributed by atoms with Crippen molar-refractivity contribution in [2.75, 3.05) is 12.0 Å². The SMILES string of the molecule is CCC(=O)N1c2ccccc2SC1(C=Cc1ccccc1)c1ccc(OC)cc1. The molecule has 1 aliphatic heterocycles. The van der Waals surface area contributed by atoms with Crippen LogP contribution in [0, 0.1) is 0 Å². The number of fused-ring (bicyclic) bond motifs is 1. The molecule has 0 saturated heterocycles. The van der Waals surface area contributed by atoms with Crippen molar-refractivity contribution in [1.29, 1.82) is 0 Å². The van der Waals surface area contributed by atoms with Crippen LogP contribution in [0.4, 0.5) is 5.69 Å². The Balaban J connectivity index is 1.89. The highest BCUT2D eigenvalue weighted by molar-refractivity contribution is 8.01. The van der Waals surface area contributed by atoms with Crippen molar-refractivity contribution >= 4 is 29.4 Å². The van der Waals surface area contributed by atoms with Crippen LogP contribution < -0.4 is 9.64 Å². The number of rotatable bonds is 5. The van der Waals surface area contributed by atoms with Crippen LogP contribution in [-0.2, 0) is 9.67 Å². The van der Waals surface area contributed by atoms with E-state index in [-0.39, 0.29) is 5.91 Å². The van der Waals surface area contributed by atoms with Gasteiger partial charge in [-0.05, 0) is 41.5 Å². The Morgan fingerprint density at radius 2 is 1.69 bits per heavy atom. The van der Waals surface area contributed by atoms with E-state index in [4.69, 9.17) is 4.74 Å². The number of hydrogen-bond acceptors (Lipinski definition) is 3. The summed E-state index contributed by atoms with van der Waals surface area (Å²) in [5.74, 6) is 0.890. The first-order valence-electron chi connectivity index (χ1n) is 9.68. The molecule has 146 valence electrons. The van der Waals surface area contributed by atoms with E-state index in [1.54, 1.807) is 18.9 Å². The smallest absolute Gasteiger partial charge is 0.228 e. The van der Waals surface area contributed by atoms with Crippen molar-refractivity contribution in [3.63, 3.8) is 0 Å². The molecule has 4 rings (SSSR count). The molecule has 3 nitrogen and oxygen atoms in total. The van der Waals surface area contributed by atoms with Crippen LogP contribution >= 0.6 is 11.8 Å². The molecule has 0 spiro atoms. The van der Waals surface area contributed by atoms with Crippen LogP contribution in [0.2, 0.25) is 0 Å². The number of thioether (sulfide) groups is 1. The Morgan fingerprint density at radius 1 is 1.00 bits per heavy atom. The lowest BCUT2D eigenvalue weighted by atomic mass is 10.0. The zero-order chi connectivity index (χ0) is 20.3. The fraction of sp³-hybridized carbons (Fsp3) is 0.160. The van der Waals surface area contributed by atoms with E-state index < -0.39 is 4.87 Å². The van der Waals surface area contributed by atoms with Gasteiger partial charge < -0.3 is 4.74 Å². The highest BCUT2D eigenvalue weighted by atomic mass is 32.2. The van der Waals surface area contributed by atoms with Gasteiger partial charge in [0.15, 0.2) is 0 Å². The second-order valence-electron chi connectivity index (χ2n) is 6.82. The molecule has 1 aliphatic rings. The standard InChI is InChI=1S/C25H23NO2S/c1-3-24(27)26-22-11-7-8-12-23(22)29-25(26,18-17-19-9-5-4-6-10-19)20-13-15-21(28-2)16-14-20/h4-18H,3H2,1-2H3. The monoisotopic (exact) mass is 401 g/mol. The molecule has 1 unspecified atom stereocenters. The third kappa shape index (κ3) is 3.56. The maximum absolute atomic E-state index is 13.2. The lowest BCUT2D eigenvalue weighted by Gasteiger charge is -2.36. The minimum Gasteiger partial charge on any atom is -0.497 e. The second-order valence-corrected chi connectivity index (χ2v) is 8.09. The zero-order valence-electron chi connectivity index (χ0n) is 16.5. The number of methoxy groups -OCH3 is 1. The highest BCUT2D eigenvalue weighted by Gasteiger charge is 2.47. The van der Waals surface area contributed by atoms with Gasteiger partial charge in [0.2, 0.25) is 5.91 Å². The van der Waals surface area contributed by atoms with E-state index in [2.05, 4.69) is 30.4 Å². The average Bonchev–Trinajstić information content (AvgIpc) is 3.13. The van der Waals surface area contributed by atoms with Crippen molar-refractivity contribution in [3.8, 4) is 5.75 Å². The van der Waals surface area contributed by atoms with Gasteiger partial charge in [0.25, 0.3) is 0 Å². The largest absolute Gasteiger partial charge is 0.497 e. The molecular formula is C25H23NO2S. The lowest BCUT2D eigenvalue weighted by Crippen LogP contribution is -2.43. The zero-order valence-corrected chi connectivity index (χ0v) is 17.4. The number of benzene rings is 3. The topological polar surface area (TPSA) is 29.5 Å². The molecule has 1 atom stereocenters. The van der Waals surface area contributed by atoms with E-state index >= 15 is 0 Å². The van der Waals surface area contributed by atoms with Gasteiger partial charge in [-0.15, -0.1) is 0 Å². The Bertz CT molecular complexity index is 1030. The number of anilines is 1. The summed E-state index contributed by atoms with van der Waals surface area (Å²) in [6.45, 7) is 1.91. The summed E-state index contributed by atoms with van der Waals surface area (Å²) in [5, 5.41) is 0. The number of hydrogen-bond donors (Lipinski definition) is 0. The van der Waals surface area contributed by atoms with Crippen molar-refractivity contribution in [1.82, 2.24) is 0 Å². The van der Waals surface area contributed by atoms with Gasteiger partial charge in [0.1, 0.15) is 10.6 Å². The second kappa shape index (κ2) is 8.18. The van der Waals surface area contributed by atoms with Crippen molar-refractivity contribution in [3.05, 3.63) is 96.1 Å². The summed E-state index contributed by atoms with van der Waals surface area (Å²) in [5.41, 5.74) is 3.09. The highest BCUT2D eigenvalue weighted by Crippen LogP contribution is 2.57. The Labute approximate surface area is 176 Å². The first kappa shape index (κ1) is 19.3. The number of carbonyl (C=O) groups is 1. The van der Waals surface area contributed by atoms with Gasteiger partial charge in [-0.1, -0.05) is 79.4 Å². The molecule has 0 radical (unpaired) electrons. The van der Waals surface area contributed by atoms with E-state index in [1.165, 1.54) is 0 Å². The maximum Gasteiger partial charge on any atom is 0.228 e. The van der Waals surface area contributed by atoms with Crippen LogP contribution in [0.1, 0.15) is 24.5 Å². The van der Waals surface area contributed by atoms with Gasteiger partial charge in [-0.2, -0.15) is 0 Å². The first-order chi connectivity index (χ1) is 14.2. The quantitative estimate of drug-likeness (QED) is 0.516. The first-order valence-corrected chi connectivity index (χ1v) is 10.5. The van der Waals surface area contributed by atoms with Gasteiger partial charge in [-0.25, -0.2) is 0 Å². The molecule has 29 heavy (non-hydrogen) atoms. The number of ether oxygens (including phenoxy) is 1. The molecule has 0 aromatic heterocycles. The molecule has 1 amide bonds. The Kier molecular flexibility index (Phi) is 5.45. The minimum atomic E-state index is -0.654. The van der Waals surface area contributed by atoms with E-state index in [1.807, 2.05) is 72.5 Å². The predicted octanol–water partition coefficient (Wildman–Crippen LogP) is 6.11. The van der Waals surface area contributed by atoms with Gasteiger partial charge in [0, 0.05) is 11.3 Å². The van der Waals surface area contributed by atoms with Crippen LogP contribution in [0.15, 0.2) is 89.8 Å². The molecule has 0 saturated carbocycles. The van der Waals surface area contributed by atoms with E-state index in [9.17, 15) is 4.79 Å². The predicted molar refractivity (Wildman–Crippen MR) is 120 cm³/mol. The summed E-state index contributed by atoms with van der Waals surface area (Å²) in [6, 6.07) is 26.3. The van der Waals surface area contributed by atoms with Crippen molar-refractivity contribution in [2.24, 2.45) is 0 Å². The molecule has 0 N–H and O–H groups in total. The number of para-hydroxylation sites is 1. The average molecular weight is 402 g/mol. The molecule has 4 heteroatoms. The number of carbonyl (C=O) groups excluding carboxylic acids is 1. The maximum atomic E-state index is 13.2. The summed E-state index contributed by atoms with van der Waals surface area (Å²) < 4.78 is 5.35. The summed E-state index contributed by atoms with van der Waals surface area (Å²) in [7, 11) is 1.66. The van der Waals surface area contributed by atoms with Crippen LogP contribution in [0.3, 0.4) is 0 Å². The van der Waals surface area contributed by atoms with Gasteiger partial charge in [0.05, 0.1) is 12.8 Å². The number of amides is 1. The van der Waals surface area contributed by atoms with Crippen molar-refractivity contribution < 1.29 is 9.53 Å². The van der Waals surface area contributed by atoms with E-state index in [0.717, 1.165) is 27.5 Å². The van der Waals surface area contributed by atoms with Gasteiger partial charge in [-0.3, -0.25) is 9.69 Å². The Morgan fingerprint density at radius 3 is 2.38 bits per heavy atom. The fourth-order valence-corrected chi connectivity index (χ4v) is 5.02. The van der Waals surface area contributed by atoms with Crippen molar-refractivity contribution in [2.45, 2.75) is 23.1 Å². The van der Waals surface area contributed by atoms with Crippen LogP contribution in [-0.4, -0.2) is 13.0 Å². The third-order valence-electron chi connectivity index (χ3n) is 5.06.